The molecule has 0 fully saturated rings. The minimum atomic E-state index is -0.945. The molecule has 0 atom stereocenters. The van der Waals surface area contributed by atoms with Crippen LogP contribution in [0.2, 0.25) is 0 Å². The van der Waals surface area contributed by atoms with Crippen molar-refractivity contribution in [1.82, 2.24) is 0 Å². The lowest BCUT2D eigenvalue weighted by molar-refractivity contribution is 0.0697. The van der Waals surface area contributed by atoms with E-state index in [0.717, 1.165) is 11.3 Å². The van der Waals surface area contributed by atoms with Crippen LogP contribution in [0.5, 0.6) is 0 Å². The second-order valence-corrected chi connectivity index (χ2v) is 4.50. The minimum Gasteiger partial charge on any atom is -0.478 e. The van der Waals surface area contributed by atoms with E-state index in [2.05, 4.69) is 15.7 Å². The second-order valence-electron chi connectivity index (χ2n) is 4.50. The average molecular weight is 297 g/mol. The van der Waals surface area contributed by atoms with Crippen LogP contribution in [0.15, 0.2) is 58.9 Å². The fourth-order valence-electron chi connectivity index (χ4n) is 1.86. The third-order valence-electron chi connectivity index (χ3n) is 2.99. The van der Waals surface area contributed by atoms with Crippen molar-refractivity contribution in [3.8, 4) is 0 Å². The van der Waals surface area contributed by atoms with Crippen molar-refractivity contribution in [1.29, 1.82) is 5.41 Å². The first-order valence-electron chi connectivity index (χ1n) is 6.46. The molecule has 0 aliphatic carbocycles. The van der Waals surface area contributed by atoms with Gasteiger partial charge in [-0.2, -0.15) is 0 Å². The third kappa shape index (κ3) is 3.89. The summed E-state index contributed by atoms with van der Waals surface area (Å²) in [7, 11) is 0. The molecule has 22 heavy (non-hydrogen) atoms. The van der Waals surface area contributed by atoms with Crippen molar-refractivity contribution < 1.29 is 9.90 Å². The number of nitrogens with zero attached hydrogens (tertiary/aromatic N) is 2. The quantitative estimate of drug-likeness (QED) is 0.222. The van der Waals surface area contributed by atoms with Gasteiger partial charge in [0.25, 0.3) is 0 Å². The van der Waals surface area contributed by atoms with Gasteiger partial charge in [0.05, 0.1) is 5.56 Å². The van der Waals surface area contributed by atoms with Gasteiger partial charge in [-0.15, -0.1) is 5.11 Å². The van der Waals surface area contributed by atoms with Crippen LogP contribution in [0, 0.1) is 5.41 Å². The van der Waals surface area contributed by atoms with Crippen LogP contribution in [0.3, 0.4) is 0 Å². The van der Waals surface area contributed by atoms with Gasteiger partial charge in [-0.3, -0.25) is 5.41 Å². The molecule has 0 aromatic heterocycles. The summed E-state index contributed by atoms with van der Waals surface area (Å²) in [6.45, 7) is 0.537. The van der Waals surface area contributed by atoms with Gasteiger partial charge in [0.2, 0.25) is 0 Å². The lowest BCUT2D eigenvalue weighted by Gasteiger charge is -2.08. The average Bonchev–Trinajstić information content (AvgIpc) is 2.54. The predicted molar refractivity (Wildman–Crippen MR) is 83.0 cm³/mol. The lowest BCUT2D eigenvalue weighted by Crippen LogP contribution is -2.02. The molecule has 0 amide bonds. The number of carbonyl (C=O) groups is 1. The number of carboxylic acid groups (broad SMARTS) is 1. The van der Waals surface area contributed by atoms with E-state index in [1.165, 1.54) is 0 Å². The fourth-order valence-corrected chi connectivity index (χ4v) is 1.86. The second kappa shape index (κ2) is 6.98. The Labute approximate surface area is 127 Å². The van der Waals surface area contributed by atoms with E-state index < -0.39 is 5.97 Å². The molecule has 2 aromatic rings. The Kier molecular flexibility index (Phi) is 4.81. The minimum absolute atomic E-state index is 0.0167. The molecule has 0 aliphatic heterocycles. The van der Waals surface area contributed by atoms with E-state index in [-0.39, 0.29) is 11.4 Å². The molecule has 0 bridgehead atoms. The number of aromatic carboxylic acids is 1. The first kappa shape index (κ1) is 15.2. The molecular formula is C15H15N5O2. The number of nitrogens with one attached hydrogen (secondary N) is 2. The summed E-state index contributed by atoms with van der Waals surface area (Å²) >= 11 is 0. The summed E-state index contributed by atoms with van der Waals surface area (Å²) in [5.74, 6) is 3.97. The highest BCUT2D eigenvalue weighted by molar-refractivity contribution is 5.97. The van der Waals surface area contributed by atoms with E-state index in [1.807, 2.05) is 6.07 Å². The first-order chi connectivity index (χ1) is 10.6. The van der Waals surface area contributed by atoms with E-state index >= 15 is 0 Å². The maximum Gasteiger partial charge on any atom is 0.335 e. The first-order valence-corrected chi connectivity index (χ1v) is 6.46. The maximum atomic E-state index is 10.8. The summed E-state index contributed by atoms with van der Waals surface area (Å²) in [5, 5.41) is 26.3. The lowest BCUT2D eigenvalue weighted by atomic mass is 10.1. The number of rotatable bonds is 5. The monoisotopic (exact) mass is 297 g/mol. The van der Waals surface area contributed by atoms with Crippen LogP contribution in [-0.2, 0) is 6.54 Å². The maximum absolute atomic E-state index is 10.8. The van der Waals surface area contributed by atoms with Gasteiger partial charge in [-0.05, 0) is 29.8 Å². The number of benzene rings is 2. The van der Waals surface area contributed by atoms with Gasteiger partial charge in [0.1, 0.15) is 0 Å². The summed E-state index contributed by atoms with van der Waals surface area (Å²) < 4.78 is 0. The number of nitrogens with two attached hydrogens (primary N) is 1. The summed E-state index contributed by atoms with van der Waals surface area (Å²) in [5.41, 5.74) is 2.62. The molecule has 7 nitrogen and oxygen atoms in total. The molecule has 0 saturated heterocycles. The molecule has 0 spiro atoms. The van der Waals surface area contributed by atoms with Gasteiger partial charge < -0.3 is 16.3 Å². The number of amidine groups is 1. The Hall–Kier alpha value is -3.22. The van der Waals surface area contributed by atoms with Crippen LogP contribution in [0.4, 0.5) is 5.69 Å². The van der Waals surface area contributed by atoms with Crippen molar-refractivity contribution in [3.63, 3.8) is 0 Å². The summed E-state index contributed by atoms with van der Waals surface area (Å²) in [4.78, 5) is 10.8. The van der Waals surface area contributed by atoms with Crippen LogP contribution < -0.4 is 11.2 Å². The van der Waals surface area contributed by atoms with Gasteiger partial charge in [0, 0.05) is 17.8 Å². The molecule has 0 unspecified atom stereocenters. The Morgan fingerprint density at radius 1 is 1.18 bits per heavy atom. The van der Waals surface area contributed by atoms with Crippen molar-refractivity contribution >= 4 is 17.5 Å². The zero-order valence-electron chi connectivity index (χ0n) is 11.7. The SMILES string of the molecule is N=C(N=NN)c1cccc(NCc2ccc(C(=O)O)cc2)c1. The van der Waals surface area contributed by atoms with Crippen molar-refractivity contribution in [2.45, 2.75) is 6.54 Å². The van der Waals surface area contributed by atoms with Gasteiger partial charge in [-0.1, -0.05) is 29.5 Å². The zero-order valence-corrected chi connectivity index (χ0v) is 11.7. The van der Waals surface area contributed by atoms with Gasteiger partial charge in [0.15, 0.2) is 5.84 Å². The highest BCUT2D eigenvalue weighted by Gasteiger charge is 2.03. The van der Waals surface area contributed by atoms with Crippen molar-refractivity contribution in [2.24, 2.45) is 16.2 Å². The number of carboxylic acids is 1. The number of hydrogen-bond acceptors (Lipinski definition) is 4. The number of anilines is 1. The molecule has 2 aromatic carbocycles. The topological polar surface area (TPSA) is 124 Å². The van der Waals surface area contributed by atoms with E-state index in [0.29, 0.717) is 12.1 Å². The van der Waals surface area contributed by atoms with E-state index in [1.54, 1.807) is 42.5 Å². The Morgan fingerprint density at radius 2 is 1.91 bits per heavy atom. The summed E-state index contributed by atoms with van der Waals surface area (Å²) in [6, 6.07) is 13.8. The molecule has 112 valence electrons. The van der Waals surface area contributed by atoms with Gasteiger partial charge >= 0.3 is 5.97 Å². The molecule has 7 heteroatoms. The van der Waals surface area contributed by atoms with Crippen molar-refractivity contribution in [2.75, 3.05) is 5.32 Å². The van der Waals surface area contributed by atoms with Crippen LogP contribution in [0.1, 0.15) is 21.5 Å². The normalized spacial score (nSPS) is 10.5. The Morgan fingerprint density at radius 3 is 2.55 bits per heavy atom. The molecule has 0 radical (unpaired) electrons. The van der Waals surface area contributed by atoms with Crippen LogP contribution >= 0.6 is 0 Å². The molecular weight excluding hydrogens is 282 g/mol. The smallest absolute Gasteiger partial charge is 0.335 e. The fraction of sp³-hybridized carbons (Fsp3) is 0.0667. The summed E-state index contributed by atoms with van der Waals surface area (Å²) in [6.07, 6.45) is 0. The Balaban J connectivity index is 2.03. The zero-order chi connectivity index (χ0) is 15.9. The van der Waals surface area contributed by atoms with Crippen LogP contribution in [-0.4, -0.2) is 16.9 Å². The number of hydrogen-bond donors (Lipinski definition) is 4. The highest BCUT2D eigenvalue weighted by Crippen LogP contribution is 2.13. The Bertz CT molecular complexity index is 710. The van der Waals surface area contributed by atoms with Crippen molar-refractivity contribution in [3.05, 3.63) is 65.2 Å². The standard InChI is InChI=1S/C15H15N5O2/c16-14(19-20-17)12-2-1-3-13(8-12)18-9-10-4-6-11(7-5-10)15(21)22/h1-8,18H,9H2,(H,21,22)(H3,16,17,19). The molecule has 5 N–H and O–H groups in total. The molecule has 2 rings (SSSR count). The highest BCUT2D eigenvalue weighted by atomic mass is 16.4. The van der Waals surface area contributed by atoms with Gasteiger partial charge in [-0.25, -0.2) is 4.79 Å². The molecule has 0 saturated carbocycles. The molecule has 0 aliphatic rings. The van der Waals surface area contributed by atoms with Crippen LogP contribution in [0.25, 0.3) is 0 Å². The van der Waals surface area contributed by atoms with E-state index in [4.69, 9.17) is 16.4 Å². The predicted octanol–water partition coefficient (Wildman–Crippen LogP) is 2.65. The largest absolute Gasteiger partial charge is 0.478 e. The molecule has 0 heterocycles. The third-order valence-corrected chi connectivity index (χ3v) is 2.99. The van der Waals surface area contributed by atoms with E-state index in [9.17, 15) is 4.79 Å².